The number of hydrogen-bond donors (Lipinski definition) is 1. The van der Waals surface area contributed by atoms with Crippen LogP contribution in [0.5, 0.6) is 6.01 Å². The zero-order valence-corrected chi connectivity index (χ0v) is 21.8. The summed E-state index contributed by atoms with van der Waals surface area (Å²) in [4.78, 5) is 12.6. The van der Waals surface area contributed by atoms with Crippen LogP contribution in [0.3, 0.4) is 0 Å². The molecule has 0 unspecified atom stereocenters. The van der Waals surface area contributed by atoms with Gasteiger partial charge in [-0.25, -0.2) is 9.97 Å². The van der Waals surface area contributed by atoms with Gasteiger partial charge in [0, 0.05) is 57.8 Å². The van der Waals surface area contributed by atoms with Crippen molar-refractivity contribution in [3.63, 3.8) is 0 Å². The number of fused-ring (bicyclic) bond motifs is 1. The molecule has 0 spiro atoms. The van der Waals surface area contributed by atoms with Crippen LogP contribution in [0.4, 0.5) is 19.0 Å². The van der Waals surface area contributed by atoms with Crippen LogP contribution in [0.1, 0.15) is 12.8 Å². The first-order chi connectivity index (χ1) is 17.1. The average Bonchev–Trinajstić information content (AvgIpc) is 3.18. The van der Waals surface area contributed by atoms with Crippen molar-refractivity contribution >= 4 is 24.8 Å². The topological polar surface area (TPSA) is 83.3 Å². The van der Waals surface area contributed by atoms with E-state index in [-0.39, 0.29) is 18.8 Å². The molecule has 0 aromatic carbocycles. The van der Waals surface area contributed by atoms with Crippen LogP contribution in [0.2, 0.25) is 25.7 Å². The second kappa shape index (κ2) is 11.1. The number of rotatable bonds is 10. The first kappa shape index (κ1) is 26.4. The summed E-state index contributed by atoms with van der Waals surface area (Å²) in [6.07, 6.45) is 0.513. The minimum Gasteiger partial charge on any atom is -0.454 e. The highest BCUT2D eigenvalue weighted by Gasteiger charge is 2.29. The van der Waals surface area contributed by atoms with Crippen molar-refractivity contribution in [2.24, 2.45) is 0 Å². The highest BCUT2D eigenvalue weighted by atomic mass is 28.3. The Morgan fingerprint density at radius 2 is 1.94 bits per heavy atom. The van der Waals surface area contributed by atoms with E-state index in [4.69, 9.17) is 14.2 Å². The van der Waals surface area contributed by atoms with E-state index in [9.17, 15) is 13.2 Å². The van der Waals surface area contributed by atoms with Crippen molar-refractivity contribution in [3.8, 4) is 17.4 Å². The molecule has 0 saturated carbocycles. The van der Waals surface area contributed by atoms with Crippen LogP contribution < -0.4 is 10.1 Å². The van der Waals surface area contributed by atoms with Gasteiger partial charge < -0.3 is 24.1 Å². The van der Waals surface area contributed by atoms with E-state index in [1.807, 2.05) is 16.7 Å². The summed E-state index contributed by atoms with van der Waals surface area (Å²) in [6.45, 7) is 7.74. The molecule has 8 nitrogen and oxygen atoms in total. The molecule has 3 aromatic heterocycles. The van der Waals surface area contributed by atoms with Gasteiger partial charge in [0.25, 0.3) is 0 Å². The van der Waals surface area contributed by atoms with E-state index in [0.29, 0.717) is 18.0 Å². The Hall–Kier alpha value is -2.70. The Morgan fingerprint density at radius 1 is 1.17 bits per heavy atom. The SMILES string of the molecule is C[Si](C)(C)CCOCn1c(-c2ccnc(OCC(F)(F)F)n2)cc2cnc(NC3CCOCC3)cc21. The van der Waals surface area contributed by atoms with Gasteiger partial charge in [-0.15, -0.1) is 0 Å². The van der Waals surface area contributed by atoms with E-state index in [1.54, 1.807) is 12.3 Å². The summed E-state index contributed by atoms with van der Waals surface area (Å²) in [5.41, 5.74) is 2.01. The van der Waals surface area contributed by atoms with Gasteiger partial charge in [-0.2, -0.15) is 18.2 Å². The van der Waals surface area contributed by atoms with Gasteiger partial charge in [0.05, 0.1) is 16.9 Å². The van der Waals surface area contributed by atoms with Crippen LogP contribution in [-0.2, 0) is 16.2 Å². The van der Waals surface area contributed by atoms with Gasteiger partial charge in [0.2, 0.25) is 0 Å². The monoisotopic (exact) mass is 523 g/mol. The molecule has 12 heteroatoms. The quantitative estimate of drug-likeness (QED) is 0.284. The molecule has 36 heavy (non-hydrogen) atoms. The number of alkyl halides is 3. The fourth-order valence-electron chi connectivity index (χ4n) is 3.87. The number of halogens is 3. The van der Waals surface area contributed by atoms with Crippen LogP contribution in [0.25, 0.3) is 22.3 Å². The Balaban J connectivity index is 1.63. The van der Waals surface area contributed by atoms with Crippen molar-refractivity contribution in [2.45, 2.75) is 57.5 Å². The number of nitrogens with one attached hydrogen (secondary N) is 1. The molecule has 4 heterocycles. The summed E-state index contributed by atoms with van der Waals surface area (Å²) in [6, 6.07) is 6.48. The zero-order valence-electron chi connectivity index (χ0n) is 20.8. The molecular weight excluding hydrogens is 491 g/mol. The highest BCUT2D eigenvalue weighted by molar-refractivity contribution is 6.76. The highest BCUT2D eigenvalue weighted by Crippen LogP contribution is 2.30. The van der Waals surface area contributed by atoms with Gasteiger partial charge in [-0.1, -0.05) is 19.6 Å². The maximum absolute atomic E-state index is 12.6. The largest absolute Gasteiger partial charge is 0.454 e. The first-order valence-electron chi connectivity index (χ1n) is 12.0. The Labute approximate surface area is 209 Å². The summed E-state index contributed by atoms with van der Waals surface area (Å²) in [5.74, 6) is 0.749. The lowest BCUT2D eigenvalue weighted by Crippen LogP contribution is -2.28. The fourth-order valence-corrected chi connectivity index (χ4v) is 4.63. The number of pyridine rings is 1. The lowest BCUT2D eigenvalue weighted by atomic mass is 10.1. The molecule has 1 aliphatic rings. The molecule has 0 radical (unpaired) electrons. The van der Waals surface area contributed by atoms with Gasteiger partial charge in [-0.3, -0.25) is 0 Å². The second-order valence-corrected chi connectivity index (χ2v) is 15.7. The standard InChI is InChI=1S/C24H32F3N5O3Si/c1-36(2,3)11-10-34-16-32-20-13-22(30-18-5-8-33-9-6-18)29-14-17(20)12-21(32)19-4-7-28-23(31-19)35-15-24(25,26)27/h4,7,12-14,18H,5-6,8-11,15-16H2,1-3H3,(H,29,30). The summed E-state index contributed by atoms with van der Waals surface area (Å²) < 4.78 is 56.1. The second-order valence-electron chi connectivity index (χ2n) is 10.1. The molecule has 4 rings (SSSR count). The third-order valence-electron chi connectivity index (χ3n) is 5.84. The Bertz CT molecular complexity index is 1160. The molecule has 1 N–H and O–H groups in total. The van der Waals surface area contributed by atoms with Gasteiger partial charge in [0.15, 0.2) is 6.61 Å². The average molecular weight is 524 g/mol. The predicted molar refractivity (Wildman–Crippen MR) is 134 cm³/mol. The summed E-state index contributed by atoms with van der Waals surface area (Å²) in [7, 11) is -1.27. The first-order valence-corrected chi connectivity index (χ1v) is 15.7. The number of anilines is 1. The fraction of sp³-hybridized carbons (Fsp3) is 0.542. The van der Waals surface area contributed by atoms with E-state index in [2.05, 4.69) is 39.9 Å². The minimum atomic E-state index is -4.47. The van der Waals surface area contributed by atoms with Crippen LogP contribution in [0.15, 0.2) is 30.6 Å². The summed E-state index contributed by atoms with van der Waals surface area (Å²) in [5, 5.41) is 4.35. The van der Waals surface area contributed by atoms with E-state index in [1.165, 1.54) is 6.20 Å². The van der Waals surface area contributed by atoms with E-state index >= 15 is 0 Å². The molecule has 3 aromatic rings. The molecule has 0 amide bonds. The lowest BCUT2D eigenvalue weighted by molar-refractivity contribution is -0.154. The van der Waals surface area contributed by atoms with Gasteiger partial charge in [-0.05, 0) is 31.0 Å². The molecule has 1 saturated heterocycles. The minimum absolute atomic E-state index is 0.271. The zero-order chi connectivity index (χ0) is 25.8. The maximum atomic E-state index is 12.6. The molecule has 196 valence electrons. The third kappa shape index (κ3) is 7.40. The number of nitrogens with zero attached hydrogens (tertiary/aromatic N) is 4. The number of ether oxygens (including phenoxy) is 3. The normalized spacial score (nSPS) is 15.4. The van der Waals surface area contributed by atoms with Gasteiger partial charge in [0.1, 0.15) is 12.5 Å². The van der Waals surface area contributed by atoms with Gasteiger partial charge >= 0.3 is 12.2 Å². The number of aromatic nitrogens is 4. The smallest absolute Gasteiger partial charge is 0.422 e. The van der Waals surface area contributed by atoms with E-state index in [0.717, 1.165) is 48.8 Å². The van der Waals surface area contributed by atoms with Crippen molar-refractivity contribution in [1.82, 2.24) is 19.5 Å². The molecular formula is C24H32F3N5O3Si. The maximum Gasteiger partial charge on any atom is 0.422 e. The van der Waals surface area contributed by atoms with Crippen LogP contribution in [0, 0.1) is 0 Å². The predicted octanol–water partition coefficient (Wildman–Crippen LogP) is 5.34. The Morgan fingerprint density at radius 3 is 2.67 bits per heavy atom. The Kier molecular flexibility index (Phi) is 8.16. The molecule has 1 aliphatic heterocycles. The van der Waals surface area contributed by atoms with Crippen molar-refractivity contribution < 1.29 is 27.4 Å². The van der Waals surface area contributed by atoms with Crippen molar-refractivity contribution in [1.29, 1.82) is 0 Å². The summed E-state index contributed by atoms with van der Waals surface area (Å²) >= 11 is 0. The van der Waals surface area contributed by atoms with Crippen LogP contribution in [-0.4, -0.2) is 66.2 Å². The lowest BCUT2D eigenvalue weighted by Gasteiger charge is -2.23. The third-order valence-corrected chi connectivity index (χ3v) is 7.54. The van der Waals surface area contributed by atoms with Crippen LogP contribution >= 0.6 is 0 Å². The molecule has 0 aliphatic carbocycles. The number of hydrogen-bond acceptors (Lipinski definition) is 7. The van der Waals surface area contributed by atoms with E-state index < -0.39 is 20.9 Å². The van der Waals surface area contributed by atoms with Crippen molar-refractivity contribution in [3.05, 3.63) is 30.6 Å². The molecule has 0 atom stereocenters. The van der Waals surface area contributed by atoms with Crippen molar-refractivity contribution in [2.75, 3.05) is 31.7 Å². The molecule has 1 fully saturated rings. The molecule has 0 bridgehead atoms.